The van der Waals surface area contributed by atoms with Crippen molar-refractivity contribution in [2.24, 2.45) is 28.6 Å². The molecule has 1 nitrogen and oxygen atoms in total. The van der Waals surface area contributed by atoms with Crippen molar-refractivity contribution in [3.05, 3.63) is 0 Å². The first kappa shape index (κ1) is 13.4. The molecule has 2 aliphatic rings. The standard InChI is InChI=1S/C16H30O/c1-12-6-7-14-15(2,3)9-5-10-16(14,4)13(12)8-11-17/h12-14,17H,5-11H2,1-4H3. The van der Waals surface area contributed by atoms with E-state index in [1.807, 2.05) is 0 Å². The van der Waals surface area contributed by atoms with Gasteiger partial charge < -0.3 is 5.11 Å². The summed E-state index contributed by atoms with van der Waals surface area (Å²) in [6.45, 7) is 10.2. The Kier molecular flexibility index (Phi) is 3.60. The number of rotatable bonds is 2. The van der Waals surface area contributed by atoms with E-state index in [1.54, 1.807) is 0 Å². The van der Waals surface area contributed by atoms with Gasteiger partial charge in [0, 0.05) is 6.61 Å². The molecule has 0 aromatic carbocycles. The Balaban J connectivity index is 2.28. The summed E-state index contributed by atoms with van der Waals surface area (Å²) < 4.78 is 0. The van der Waals surface area contributed by atoms with E-state index < -0.39 is 0 Å². The quantitative estimate of drug-likeness (QED) is 0.762. The van der Waals surface area contributed by atoms with Gasteiger partial charge in [-0.25, -0.2) is 0 Å². The van der Waals surface area contributed by atoms with Gasteiger partial charge in [-0.05, 0) is 54.3 Å². The molecule has 0 saturated heterocycles. The molecule has 0 aromatic heterocycles. The Bertz CT molecular complexity index is 271. The molecular weight excluding hydrogens is 208 g/mol. The summed E-state index contributed by atoms with van der Waals surface area (Å²) in [4.78, 5) is 0. The molecule has 2 aliphatic carbocycles. The molecule has 0 spiro atoms. The molecule has 0 radical (unpaired) electrons. The van der Waals surface area contributed by atoms with Gasteiger partial charge in [-0.15, -0.1) is 0 Å². The summed E-state index contributed by atoms with van der Waals surface area (Å²) in [7, 11) is 0. The summed E-state index contributed by atoms with van der Waals surface area (Å²) in [5.74, 6) is 2.42. The van der Waals surface area contributed by atoms with Gasteiger partial charge in [-0.2, -0.15) is 0 Å². The molecule has 0 bridgehead atoms. The van der Waals surface area contributed by atoms with E-state index in [2.05, 4.69) is 27.7 Å². The fourth-order valence-corrected chi connectivity index (χ4v) is 5.36. The molecule has 2 fully saturated rings. The van der Waals surface area contributed by atoms with E-state index in [9.17, 15) is 5.11 Å². The Labute approximate surface area is 107 Å². The SMILES string of the molecule is CC1CCC2C(C)(C)CCCC2(C)C1CCO. The zero-order valence-corrected chi connectivity index (χ0v) is 12.1. The zero-order valence-electron chi connectivity index (χ0n) is 12.1. The largest absolute Gasteiger partial charge is 0.396 e. The Morgan fingerprint density at radius 1 is 1.12 bits per heavy atom. The monoisotopic (exact) mass is 238 g/mol. The maximum Gasteiger partial charge on any atom is 0.0433 e. The maximum atomic E-state index is 9.37. The van der Waals surface area contributed by atoms with Gasteiger partial charge in [-0.3, -0.25) is 0 Å². The van der Waals surface area contributed by atoms with Crippen LogP contribution < -0.4 is 0 Å². The number of hydrogen-bond acceptors (Lipinski definition) is 1. The van der Waals surface area contributed by atoms with Crippen LogP contribution >= 0.6 is 0 Å². The predicted octanol–water partition coefficient (Wildman–Crippen LogP) is 4.25. The lowest BCUT2D eigenvalue weighted by Crippen LogP contribution is -2.51. The van der Waals surface area contributed by atoms with E-state index >= 15 is 0 Å². The number of hydrogen-bond donors (Lipinski definition) is 1. The third kappa shape index (κ3) is 2.16. The van der Waals surface area contributed by atoms with E-state index in [-0.39, 0.29) is 0 Å². The summed E-state index contributed by atoms with van der Waals surface area (Å²) >= 11 is 0. The molecule has 2 saturated carbocycles. The van der Waals surface area contributed by atoms with Crippen LogP contribution in [0.25, 0.3) is 0 Å². The molecule has 0 aromatic rings. The molecule has 0 heterocycles. The highest BCUT2D eigenvalue weighted by atomic mass is 16.3. The molecule has 17 heavy (non-hydrogen) atoms. The summed E-state index contributed by atoms with van der Waals surface area (Å²) in [5.41, 5.74) is 1.00. The Morgan fingerprint density at radius 2 is 1.82 bits per heavy atom. The lowest BCUT2D eigenvalue weighted by molar-refractivity contribution is -0.0991. The Morgan fingerprint density at radius 3 is 2.47 bits per heavy atom. The van der Waals surface area contributed by atoms with Crippen LogP contribution in [0.2, 0.25) is 0 Å². The van der Waals surface area contributed by atoms with E-state index in [0.717, 1.165) is 24.2 Å². The van der Waals surface area contributed by atoms with Crippen molar-refractivity contribution in [2.75, 3.05) is 6.61 Å². The lowest BCUT2D eigenvalue weighted by Gasteiger charge is -2.59. The van der Waals surface area contributed by atoms with Crippen LogP contribution in [-0.2, 0) is 0 Å². The molecule has 0 aliphatic heterocycles. The van der Waals surface area contributed by atoms with Gasteiger partial charge in [0.1, 0.15) is 0 Å². The number of fused-ring (bicyclic) bond motifs is 1. The molecule has 0 amide bonds. The summed E-state index contributed by atoms with van der Waals surface area (Å²) in [5, 5.41) is 9.37. The average Bonchev–Trinajstić information content (AvgIpc) is 2.22. The van der Waals surface area contributed by atoms with Crippen molar-refractivity contribution in [3.63, 3.8) is 0 Å². The Hall–Kier alpha value is -0.0400. The van der Waals surface area contributed by atoms with E-state index in [0.29, 0.717) is 17.4 Å². The minimum absolute atomic E-state index is 0.373. The second kappa shape index (κ2) is 4.57. The average molecular weight is 238 g/mol. The van der Waals surface area contributed by atoms with Gasteiger partial charge >= 0.3 is 0 Å². The molecule has 4 unspecified atom stereocenters. The smallest absolute Gasteiger partial charge is 0.0433 e. The second-order valence-electron chi connectivity index (χ2n) is 7.57. The third-order valence-electron chi connectivity index (χ3n) is 6.16. The van der Waals surface area contributed by atoms with Crippen LogP contribution in [-0.4, -0.2) is 11.7 Å². The number of aliphatic hydroxyl groups is 1. The van der Waals surface area contributed by atoms with Crippen LogP contribution in [0.5, 0.6) is 0 Å². The van der Waals surface area contributed by atoms with E-state index in [4.69, 9.17) is 0 Å². The molecule has 1 N–H and O–H groups in total. The zero-order chi connectivity index (χ0) is 12.7. The van der Waals surface area contributed by atoms with Crippen molar-refractivity contribution in [1.82, 2.24) is 0 Å². The number of aliphatic hydroxyl groups excluding tert-OH is 1. The molecule has 100 valence electrons. The fraction of sp³-hybridized carbons (Fsp3) is 1.00. The first-order valence-electron chi connectivity index (χ1n) is 7.52. The molecule has 4 atom stereocenters. The van der Waals surface area contributed by atoms with Crippen LogP contribution in [0, 0.1) is 28.6 Å². The van der Waals surface area contributed by atoms with Gasteiger partial charge in [0.05, 0.1) is 0 Å². The summed E-state index contributed by atoms with van der Waals surface area (Å²) in [6, 6.07) is 0. The minimum Gasteiger partial charge on any atom is -0.396 e. The lowest BCUT2D eigenvalue weighted by atomic mass is 9.46. The van der Waals surface area contributed by atoms with Crippen molar-refractivity contribution < 1.29 is 5.11 Å². The third-order valence-corrected chi connectivity index (χ3v) is 6.16. The second-order valence-corrected chi connectivity index (χ2v) is 7.57. The molecular formula is C16H30O. The van der Waals surface area contributed by atoms with Crippen LogP contribution in [0.3, 0.4) is 0 Å². The van der Waals surface area contributed by atoms with Gasteiger partial charge in [0.25, 0.3) is 0 Å². The van der Waals surface area contributed by atoms with Crippen molar-refractivity contribution >= 4 is 0 Å². The van der Waals surface area contributed by atoms with Gasteiger partial charge in [0.2, 0.25) is 0 Å². The maximum absolute atomic E-state index is 9.37. The predicted molar refractivity (Wildman–Crippen MR) is 72.8 cm³/mol. The van der Waals surface area contributed by atoms with Crippen LogP contribution in [0.4, 0.5) is 0 Å². The fourth-order valence-electron chi connectivity index (χ4n) is 5.36. The highest BCUT2D eigenvalue weighted by Gasteiger charge is 2.53. The highest BCUT2D eigenvalue weighted by Crippen LogP contribution is 2.61. The minimum atomic E-state index is 0.373. The van der Waals surface area contributed by atoms with Gasteiger partial charge in [-0.1, -0.05) is 40.5 Å². The van der Waals surface area contributed by atoms with E-state index in [1.165, 1.54) is 32.1 Å². The van der Waals surface area contributed by atoms with Crippen molar-refractivity contribution in [1.29, 1.82) is 0 Å². The van der Waals surface area contributed by atoms with Crippen LogP contribution in [0.15, 0.2) is 0 Å². The topological polar surface area (TPSA) is 20.2 Å². The first-order valence-corrected chi connectivity index (χ1v) is 7.52. The first-order chi connectivity index (χ1) is 7.92. The molecule has 2 rings (SSSR count). The van der Waals surface area contributed by atoms with Gasteiger partial charge in [0.15, 0.2) is 0 Å². The van der Waals surface area contributed by atoms with Crippen molar-refractivity contribution in [2.45, 2.75) is 66.2 Å². The molecule has 1 heteroatoms. The van der Waals surface area contributed by atoms with Crippen molar-refractivity contribution in [3.8, 4) is 0 Å². The summed E-state index contributed by atoms with van der Waals surface area (Å²) in [6.07, 6.45) is 7.96. The highest BCUT2D eigenvalue weighted by molar-refractivity contribution is 5.02. The normalized spacial score (nSPS) is 45.4. The van der Waals surface area contributed by atoms with Crippen LogP contribution in [0.1, 0.15) is 66.2 Å².